The molecule has 2 heterocycles. The number of thioether (sulfide) groups is 1. The van der Waals surface area contributed by atoms with Crippen LogP contribution in [0.25, 0.3) is 0 Å². The van der Waals surface area contributed by atoms with Crippen molar-refractivity contribution in [3.8, 4) is 0 Å². The largest absolute Gasteiger partial charge is 0.309 e. The molecule has 66 valence electrons. The molecule has 0 amide bonds. The van der Waals surface area contributed by atoms with Gasteiger partial charge < -0.3 is 5.32 Å². The quantitative estimate of drug-likeness (QED) is 0.802. The third-order valence-corrected chi connectivity index (χ3v) is 4.00. The molecule has 2 rings (SSSR count). The summed E-state index contributed by atoms with van der Waals surface area (Å²) in [6.45, 7) is 1.05. The van der Waals surface area contributed by atoms with Gasteiger partial charge in [-0.25, -0.2) is 0 Å². The predicted octanol–water partition coefficient (Wildman–Crippen LogP) is 2.34. The van der Waals surface area contributed by atoms with Crippen molar-refractivity contribution >= 4 is 23.1 Å². The minimum Gasteiger partial charge on any atom is -0.309 e. The summed E-state index contributed by atoms with van der Waals surface area (Å²) in [5, 5.41) is 7.93. The van der Waals surface area contributed by atoms with E-state index in [1.165, 1.54) is 23.5 Å². The minimum atomic E-state index is 0.759. The molecule has 1 nitrogen and oxygen atoms in total. The van der Waals surface area contributed by atoms with Crippen LogP contribution in [0, 0.1) is 0 Å². The van der Waals surface area contributed by atoms with Gasteiger partial charge in [-0.3, -0.25) is 0 Å². The summed E-state index contributed by atoms with van der Waals surface area (Å²) in [5.41, 5.74) is 1.43. The first-order chi connectivity index (χ1) is 5.95. The summed E-state index contributed by atoms with van der Waals surface area (Å²) < 4.78 is 0. The Kier molecular flexibility index (Phi) is 3.08. The second-order valence-corrected chi connectivity index (χ2v) is 5.00. The maximum absolute atomic E-state index is 3.57. The number of nitrogens with one attached hydrogen (secondary N) is 1. The van der Waals surface area contributed by atoms with E-state index in [9.17, 15) is 0 Å². The van der Waals surface area contributed by atoms with E-state index in [-0.39, 0.29) is 0 Å². The lowest BCUT2D eigenvalue weighted by Gasteiger charge is -2.09. The molecule has 1 atom stereocenters. The summed E-state index contributed by atoms with van der Waals surface area (Å²) in [7, 11) is 0. The summed E-state index contributed by atoms with van der Waals surface area (Å²) in [6.07, 6.45) is 1.34. The Morgan fingerprint density at radius 3 is 3.25 bits per heavy atom. The first-order valence-electron chi connectivity index (χ1n) is 4.27. The van der Waals surface area contributed by atoms with Crippen molar-refractivity contribution in [2.45, 2.75) is 19.0 Å². The van der Waals surface area contributed by atoms with Gasteiger partial charge in [0.05, 0.1) is 0 Å². The molecule has 1 N–H and O–H groups in total. The van der Waals surface area contributed by atoms with Crippen molar-refractivity contribution in [1.29, 1.82) is 0 Å². The fourth-order valence-electron chi connectivity index (χ4n) is 1.35. The average Bonchev–Trinajstić information content (AvgIpc) is 2.74. The van der Waals surface area contributed by atoms with Crippen LogP contribution in [-0.4, -0.2) is 17.5 Å². The molecule has 1 unspecified atom stereocenters. The van der Waals surface area contributed by atoms with Crippen molar-refractivity contribution < 1.29 is 0 Å². The number of rotatable bonds is 3. The van der Waals surface area contributed by atoms with Gasteiger partial charge in [0.25, 0.3) is 0 Å². The monoisotopic (exact) mass is 199 g/mol. The van der Waals surface area contributed by atoms with Crippen molar-refractivity contribution in [3.63, 3.8) is 0 Å². The molecule has 0 bridgehead atoms. The van der Waals surface area contributed by atoms with Crippen molar-refractivity contribution in [2.75, 3.05) is 11.5 Å². The highest BCUT2D eigenvalue weighted by Crippen LogP contribution is 2.17. The van der Waals surface area contributed by atoms with E-state index >= 15 is 0 Å². The second kappa shape index (κ2) is 4.30. The van der Waals surface area contributed by atoms with E-state index in [0.29, 0.717) is 0 Å². The Morgan fingerprint density at radius 1 is 1.58 bits per heavy atom. The van der Waals surface area contributed by atoms with Gasteiger partial charge in [-0.15, -0.1) is 0 Å². The van der Waals surface area contributed by atoms with E-state index < -0.39 is 0 Å². The molecule has 0 aliphatic carbocycles. The Labute approximate surface area is 81.6 Å². The third kappa shape index (κ3) is 2.25. The zero-order valence-electron chi connectivity index (χ0n) is 6.95. The Bertz CT molecular complexity index is 214. The van der Waals surface area contributed by atoms with Crippen LogP contribution >= 0.6 is 23.1 Å². The van der Waals surface area contributed by atoms with Gasteiger partial charge in [0.2, 0.25) is 0 Å². The highest BCUT2D eigenvalue weighted by atomic mass is 32.2. The van der Waals surface area contributed by atoms with Crippen LogP contribution in [-0.2, 0) is 6.54 Å². The third-order valence-electron chi connectivity index (χ3n) is 2.10. The maximum atomic E-state index is 3.57. The lowest BCUT2D eigenvalue weighted by Crippen LogP contribution is -2.27. The highest BCUT2D eigenvalue weighted by molar-refractivity contribution is 7.99. The molecule has 3 heteroatoms. The molecule has 0 saturated carbocycles. The number of hydrogen-bond donors (Lipinski definition) is 1. The fraction of sp³-hybridized carbons (Fsp3) is 0.556. The molecule has 1 aliphatic heterocycles. The second-order valence-electron chi connectivity index (χ2n) is 3.07. The molecule has 1 aromatic heterocycles. The first kappa shape index (κ1) is 8.60. The standard InChI is InChI=1S/C9H13NS2/c1-3-11-6-8(1)5-10-9-2-4-12-7-9/h1,3,6,9-10H,2,4-5,7H2. The lowest BCUT2D eigenvalue weighted by atomic mass is 10.2. The van der Waals surface area contributed by atoms with E-state index in [1.54, 1.807) is 11.3 Å². The van der Waals surface area contributed by atoms with Crippen molar-refractivity contribution in [3.05, 3.63) is 22.4 Å². The van der Waals surface area contributed by atoms with Crippen LogP contribution in [0.4, 0.5) is 0 Å². The summed E-state index contributed by atoms with van der Waals surface area (Å²) in [6, 6.07) is 2.95. The van der Waals surface area contributed by atoms with Gasteiger partial charge in [-0.1, -0.05) is 0 Å². The van der Waals surface area contributed by atoms with Crippen molar-refractivity contribution in [2.24, 2.45) is 0 Å². The average molecular weight is 199 g/mol. The Balaban J connectivity index is 1.74. The summed E-state index contributed by atoms with van der Waals surface area (Å²) in [5.74, 6) is 2.63. The van der Waals surface area contributed by atoms with Crippen molar-refractivity contribution in [1.82, 2.24) is 5.32 Å². The van der Waals surface area contributed by atoms with Gasteiger partial charge in [0, 0.05) is 18.3 Å². The van der Waals surface area contributed by atoms with Crippen LogP contribution in [0.3, 0.4) is 0 Å². The Hall–Kier alpha value is 0.01000. The molecule has 1 saturated heterocycles. The molecule has 0 aromatic carbocycles. The van der Waals surface area contributed by atoms with E-state index in [2.05, 4.69) is 33.9 Å². The molecular weight excluding hydrogens is 186 g/mol. The normalized spacial score (nSPS) is 23.2. The van der Waals surface area contributed by atoms with E-state index in [1.807, 2.05) is 0 Å². The predicted molar refractivity (Wildman–Crippen MR) is 56.9 cm³/mol. The fourth-order valence-corrected chi connectivity index (χ4v) is 3.21. The Morgan fingerprint density at radius 2 is 2.58 bits per heavy atom. The van der Waals surface area contributed by atoms with Gasteiger partial charge >= 0.3 is 0 Å². The maximum Gasteiger partial charge on any atom is 0.0216 e. The zero-order valence-corrected chi connectivity index (χ0v) is 8.59. The zero-order chi connectivity index (χ0) is 8.23. The van der Waals surface area contributed by atoms with Crippen LogP contribution < -0.4 is 5.32 Å². The topological polar surface area (TPSA) is 12.0 Å². The summed E-state index contributed by atoms with van der Waals surface area (Å²) >= 11 is 3.84. The van der Waals surface area contributed by atoms with E-state index in [0.717, 1.165) is 12.6 Å². The molecule has 1 aliphatic rings. The number of thiophene rings is 1. The van der Waals surface area contributed by atoms with Gasteiger partial charge in [-0.2, -0.15) is 23.1 Å². The van der Waals surface area contributed by atoms with Crippen LogP contribution in [0.2, 0.25) is 0 Å². The molecular formula is C9H13NS2. The van der Waals surface area contributed by atoms with Gasteiger partial charge in [0.15, 0.2) is 0 Å². The van der Waals surface area contributed by atoms with Gasteiger partial charge in [0.1, 0.15) is 0 Å². The van der Waals surface area contributed by atoms with Crippen LogP contribution in [0.5, 0.6) is 0 Å². The first-order valence-corrected chi connectivity index (χ1v) is 6.37. The van der Waals surface area contributed by atoms with Gasteiger partial charge in [-0.05, 0) is 34.6 Å². The van der Waals surface area contributed by atoms with E-state index in [4.69, 9.17) is 0 Å². The smallest absolute Gasteiger partial charge is 0.0216 e. The molecule has 0 radical (unpaired) electrons. The summed E-state index contributed by atoms with van der Waals surface area (Å²) in [4.78, 5) is 0. The molecule has 0 spiro atoms. The molecule has 12 heavy (non-hydrogen) atoms. The number of hydrogen-bond acceptors (Lipinski definition) is 3. The molecule has 1 aromatic rings. The lowest BCUT2D eigenvalue weighted by molar-refractivity contribution is 0.558. The van der Waals surface area contributed by atoms with Crippen LogP contribution in [0.15, 0.2) is 16.8 Å². The SMILES string of the molecule is c1cc(CNC2CCSC2)cs1. The van der Waals surface area contributed by atoms with Crippen LogP contribution in [0.1, 0.15) is 12.0 Å². The molecule has 1 fully saturated rings. The highest BCUT2D eigenvalue weighted by Gasteiger charge is 2.13. The minimum absolute atomic E-state index is 0.759.